The smallest absolute Gasteiger partial charge is 0.0724 e. The normalized spacial score (nSPS) is 11.1. The molecule has 4 nitrogen and oxygen atoms in total. The van der Waals surface area contributed by atoms with Crippen molar-refractivity contribution < 1.29 is 19.8 Å². The van der Waals surface area contributed by atoms with E-state index >= 15 is 0 Å². The lowest BCUT2D eigenvalue weighted by Gasteiger charge is -2.20. The van der Waals surface area contributed by atoms with E-state index in [1.807, 2.05) is 0 Å². The molecule has 0 aliphatic carbocycles. The predicted octanol–water partition coefficient (Wildman–Crippen LogP) is 6.56. The van der Waals surface area contributed by atoms with Crippen LogP contribution in [0.2, 0.25) is 0 Å². The molecule has 34 heavy (non-hydrogen) atoms. The molecule has 0 aromatic heterocycles. The number of aromatic carboxylic acids is 2. The minimum atomic E-state index is -1.44. The van der Waals surface area contributed by atoms with E-state index in [9.17, 15) is 19.8 Å². The Hall–Kier alpha value is -1.84. The van der Waals surface area contributed by atoms with Gasteiger partial charge in [-0.2, -0.15) is 0 Å². The van der Waals surface area contributed by atoms with Gasteiger partial charge in [-0.25, -0.2) is 0 Å². The minimum Gasteiger partial charge on any atom is -0.545 e. The zero-order chi connectivity index (χ0) is 25.0. The quantitative estimate of drug-likeness (QED) is 0.179. The van der Waals surface area contributed by atoms with Crippen molar-refractivity contribution >= 4 is 11.9 Å². The van der Waals surface area contributed by atoms with Gasteiger partial charge in [-0.15, -0.1) is 0 Å². The summed E-state index contributed by atoms with van der Waals surface area (Å²) >= 11 is 0. The Morgan fingerprint density at radius 1 is 0.559 bits per heavy atom. The number of aryl methyl sites for hydroxylation is 1. The molecule has 4 heteroatoms. The number of unbranched alkanes of at least 4 members (excludes halogenated alkanes) is 16. The van der Waals surface area contributed by atoms with E-state index < -0.39 is 11.9 Å². The Bertz CT molecular complexity index is 695. The lowest BCUT2D eigenvalue weighted by Crippen LogP contribution is -2.31. The molecule has 0 radical (unpaired) electrons. The summed E-state index contributed by atoms with van der Waals surface area (Å²) in [6.45, 7) is 4.45. The molecule has 0 fully saturated rings. The molecule has 0 N–H and O–H groups in total. The molecule has 0 unspecified atom stereocenters. The topological polar surface area (TPSA) is 80.3 Å². The van der Waals surface area contributed by atoms with Crippen LogP contribution in [0.5, 0.6) is 0 Å². The largest absolute Gasteiger partial charge is 0.545 e. The molecule has 0 aliphatic heterocycles. The van der Waals surface area contributed by atoms with Crippen LogP contribution in [0.3, 0.4) is 0 Å². The summed E-state index contributed by atoms with van der Waals surface area (Å²) in [6.07, 6.45) is 23.2. The summed E-state index contributed by atoms with van der Waals surface area (Å²) in [7, 11) is 0. The maximum absolute atomic E-state index is 11.9. The molecule has 0 aliphatic rings. The van der Waals surface area contributed by atoms with E-state index in [2.05, 4.69) is 13.8 Å². The fraction of sp³-hybridized carbons (Fsp3) is 0.733. The van der Waals surface area contributed by atoms with Gasteiger partial charge in [-0.3, -0.25) is 0 Å². The van der Waals surface area contributed by atoms with Gasteiger partial charge in [-0.1, -0.05) is 129 Å². The van der Waals surface area contributed by atoms with Crippen LogP contribution >= 0.6 is 0 Å². The van der Waals surface area contributed by atoms with Crippen molar-refractivity contribution in [1.82, 2.24) is 0 Å². The minimum absolute atomic E-state index is 0.159. The number of carboxylic acids is 2. The van der Waals surface area contributed by atoms with Gasteiger partial charge in [0.1, 0.15) is 0 Å². The number of carboxylic acid groups (broad SMARTS) is 2. The molecule has 194 valence electrons. The average Bonchev–Trinajstić information content (AvgIpc) is 2.81. The van der Waals surface area contributed by atoms with Crippen molar-refractivity contribution in [3.63, 3.8) is 0 Å². The van der Waals surface area contributed by atoms with Crippen LogP contribution in [-0.4, -0.2) is 11.9 Å². The zero-order valence-corrected chi connectivity index (χ0v) is 21.9. The van der Waals surface area contributed by atoms with Crippen molar-refractivity contribution in [2.75, 3.05) is 0 Å². The Morgan fingerprint density at radius 3 is 1.38 bits per heavy atom. The molecule has 0 saturated heterocycles. The highest BCUT2D eigenvalue weighted by atomic mass is 16.4. The van der Waals surface area contributed by atoms with Crippen LogP contribution in [0.1, 0.15) is 161 Å². The van der Waals surface area contributed by atoms with Gasteiger partial charge in [-0.05, 0) is 36.8 Å². The van der Waals surface area contributed by atoms with Crippen LogP contribution in [0.25, 0.3) is 0 Å². The number of carbonyl (C=O) groups excluding carboxylic acids is 2. The summed E-state index contributed by atoms with van der Waals surface area (Å²) in [4.78, 5) is 23.4. The van der Waals surface area contributed by atoms with Gasteiger partial charge in [0.05, 0.1) is 11.9 Å². The second kappa shape index (κ2) is 19.5. The Morgan fingerprint density at radius 2 is 0.971 bits per heavy atom. The van der Waals surface area contributed by atoms with E-state index in [0.29, 0.717) is 12.0 Å². The number of hydrogen-bond donors (Lipinski definition) is 0. The van der Waals surface area contributed by atoms with Crippen LogP contribution < -0.4 is 10.2 Å². The van der Waals surface area contributed by atoms with Crippen molar-refractivity contribution in [3.8, 4) is 0 Å². The lowest BCUT2D eigenvalue weighted by molar-refractivity contribution is -0.259. The van der Waals surface area contributed by atoms with E-state index in [4.69, 9.17) is 0 Å². The summed E-state index contributed by atoms with van der Waals surface area (Å²) < 4.78 is 0. The van der Waals surface area contributed by atoms with E-state index in [-0.39, 0.29) is 11.1 Å². The standard InChI is InChI=1S/C30H50O4/c1-3-5-7-9-11-13-15-17-19-21-25-23-24-27(29(31)32)28(30(33)34)26(25)22-20-18-16-14-12-10-8-6-4-2/h23-24H,3-22H2,1-2H3,(H,31,32)(H,33,34)/p-2. The monoisotopic (exact) mass is 472 g/mol. The molecule has 0 saturated carbocycles. The third kappa shape index (κ3) is 12.6. The summed E-state index contributed by atoms with van der Waals surface area (Å²) in [6, 6.07) is 3.19. The molecule has 0 bridgehead atoms. The van der Waals surface area contributed by atoms with Crippen molar-refractivity contribution in [2.24, 2.45) is 0 Å². The number of carbonyl (C=O) groups is 2. The average molecular weight is 473 g/mol. The van der Waals surface area contributed by atoms with Gasteiger partial charge < -0.3 is 19.8 Å². The van der Waals surface area contributed by atoms with Crippen LogP contribution in [0, 0.1) is 0 Å². The molecule has 0 amide bonds. The summed E-state index contributed by atoms with van der Waals surface area (Å²) in [5.41, 5.74) is 1.21. The summed E-state index contributed by atoms with van der Waals surface area (Å²) in [5.74, 6) is -2.85. The number of rotatable bonds is 22. The molecular formula is C30H48O4-2. The zero-order valence-electron chi connectivity index (χ0n) is 21.9. The van der Waals surface area contributed by atoms with E-state index in [0.717, 1.165) is 44.1 Å². The first-order valence-electron chi connectivity index (χ1n) is 14.1. The van der Waals surface area contributed by atoms with Gasteiger partial charge in [0.25, 0.3) is 0 Å². The third-order valence-corrected chi connectivity index (χ3v) is 6.91. The SMILES string of the molecule is CCCCCCCCCCCc1ccc(C(=O)[O-])c(C(=O)[O-])c1CCCCCCCCCCC. The van der Waals surface area contributed by atoms with Gasteiger partial charge in [0.2, 0.25) is 0 Å². The molecule has 1 aromatic rings. The highest BCUT2D eigenvalue weighted by molar-refractivity contribution is 6.01. The molecule has 0 spiro atoms. The van der Waals surface area contributed by atoms with Gasteiger partial charge in [0, 0.05) is 11.1 Å². The Kier molecular flexibility index (Phi) is 17.3. The summed E-state index contributed by atoms with van der Waals surface area (Å²) in [5, 5.41) is 23.4. The first kappa shape index (κ1) is 30.2. The van der Waals surface area contributed by atoms with Crippen molar-refractivity contribution in [1.29, 1.82) is 0 Å². The Labute approximate surface area is 208 Å². The number of benzene rings is 1. The third-order valence-electron chi connectivity index (χ3n) is 6.91. The van der Waals surface area contributed by atoms with Crippen LogP contribution in [0.15, 0.2) is 12.1 Å². The maximum Gasteiger partial charge on any atom is 0.0724 e. The highest BCUT2D eigenvalue weighted by Gasteiger charge is 2.15. The molecular weight excluding hydrogens is 424 g/mol. The van der Waals surface area contributed by atoms with Crippen LogP contribution in [0.4, 0.5) is 0 Å². The van der Waals surface area contributed by atoms with Crippen molar-refractivity contribution in [2.45, 2.75) is 142 Å². The fourth-order valence-electron chi connectivity index (χ4n) is 4.85. The van der Waals surface area contributed by atoms with E-state index in [1.165, 1.54) is 89.5 Å². The highest BCUT2D eigenvalue weighted by Crippen LogP contribution is 2.24. The maximum atomic E-state index is 11.9. The van der Waals surface area contributed by atoms with Gasteiger partial charge >= 0.3 is 0 Å². The van der Waals surface area contributed by atoms with Crippen LogP contribution in [-0.2, 0) is 12.8 Å². The molecule has 0 heterocycles. The van der Waals surface area contributed by atoms with Crippen molar-refractivity contribution in [3.05, 3.63) is 34.4 Å². The van der Waals surface area contributed by atoms with E-state index in [1.54, 1.807) is 6.07 Å². The molecule has 1 aromatic carbocycles. The fourth-order valence-corrected chi connectivity index (χ4v) is 4.85. The Balaban J connectivity index is 2.60. The first-order valence-corrected chi connectivity index (χ1v) is 14.1. The van der Waals surface area contributed by atoms with Gasteiger partial charge in [0.15, 0.2) is 0 Å². The first-order chi connectivity index (χ1) is 16.5. The predicted molar refractivity (Wildman–Crippen MR) is 137 cm³/mol. The number of hydrogen-bond acceptors (Lipinski definition) is 4. The second-order valence-corrected chi connectivity index (χ2v) is 9.86. The molecule has 0 atom stereocenters. The molecule has 1 rings (SSSR count). The second-order valence-electron chi connectivity index (χ2n) is 9.86. The lowest BCUT2D eigenvalue weighted by atomic mass is 9.89.